The van der Waals surface area contributed by atoms with Gasteiger partial charge in [0, 0.05) is 12.4 Å². The maximum atomic E-state index is 9.87. The standard InChI is InChI=1S/C5H6NOP/c7-4-8-5-1-2-6-3-5/h1-4,6,8H. The zero-order chi connectivity index (χ0) is 5.82. The van der Waals surface area contributed by atoms with Crippen molar-refractivity contribution in [1.29, 1.82) is 0 Å². The van der Waals surface area contributed by atoms with Gasteiger partial charge >= 0.3 is 0 Å². The van der Waals surface area contributed by atoms with E-state index in [2.05, 4.69) is 4.98 Å². The molecule has 1 atom stereocenters. The fourth-order valence-corrected chi connectivity index (χ4v) is 0.964. The van der Waals surface area contributed by atoms with Gasteiger partial charge in [-0.05, 0) is 20.0 Å². The first kappa shape index (κ1) is 5.52. The fourth-order valence-electron chi connectivity index (χ4n) is 0.482. The van der Waals surface area contributed by atoms with Crippen molar-refractivity contribution in [2.24, 2.45) is 0 Å². The van der Waals surface area contributed by atoms with E-state index < -0.39 is 0 Å². The molecule has 0 aromatic carbocycles. The number of rotatable bonds is 2. The molecule has 0 aliphatic carbocycles. The third kappa shape index (κ3) is 1.17. The summed E-state index contributed by atoms with van der Waals surface area (Å²) < 4.78 is 0. The lowest BCUT2D eigenvalue weighted by Gasteiger charge is -1.78. The number of carbonyl (C=O) groups excluding carboxylic acids is 1. The molecule has 1 heterocycles. The first-order valence-corrected chi connectivity index (χ1v) is 3.34. The number of aromatic nitrogens is 1. The second-order valence-corrected chi connectivity index (χ2v) is 2.46. The van der Waals surface area contributed by atoms with E-state index in [0.717, 1.165) is 11.3 Å². The maximum Gasteiger partial charge on any atom is 0.143 e. The summed E-state index contributed by atoms with van der Waals surface area (Å²) in [6, 6.07) is 2.82. The molecule has 0 saturated heterocycles. The molecular formula is C5H6NOP. The monoisotopic (exact) mass is 127 g/mol. The number of aromatic amines is 1. The second-order valence-electron chi connectivity index (χ2n) is 1.36. The van der Waals surface area contributed by atoms with Crippen LogP contribution in [0.4, 0.5) is 0 Å². The van der Waals surface area contributed by atoms with E-state index in [4.69, 9.17) is 0 Å². The molecule has 1 aromatic heterocycles. The molecule has 42 valence electrons. The van der Waals surface area contributed by atoms with Crippen molar-refractivity contribution in [3.8, 4) is 0 Å². The molecule has 0 spiro atoms. The summed E-state index contributed by atoms with van der Waals surface area (Å²) in [5.74, 6) is 0. The quantitative estimate of drug-likeness (QED) is 0.455. The molecule has 8 heavy (non-hydrogen) atoms. The highest BCUT2D eigenvalue weighted by atomic mass is 31.1. The molecule has 1 N–H and O–H groups in total. The molecule has 0 amide bonds. The van der Waals surface area contributed by atoms with Gasteiger partial charge in [0.2, 0.25) is 0 Å². The number of H-pyrrole nitrogens is 1. The van der Waals surface area contributed by atoms with Crippen LogP contribution < -0.4 is 5.30 Å². The van der Waals surface area contributed by atoms with Crippen LogP contribution in [0.1, 0.15) is 0 Å². The first-order chi connectivity index (χ1) is 3.93. The van der Waals surface area contributed by atoms with Crippen LogP contribution in [0.3, 0.4) is 0 Å². The zero-order valence-electron chi connectivity index (χ0n) is 4.22. The van der Waals surface area contributed by atoms with Gasteiger partial charge < -0.3 is 4.98 Å². The van der Waals surface area contributed by atoms with Crippen LogP contribution in [0.5, 0.6) is 0 Å². The molecule has 1 aromatic rings. The Hall–Kier alpha value is -0.620. The lowest BCUT2D eigenvalue weighted by Crippen LogP contribution is -1.84. The molecule has 0 bridgehead atoms. The Balaban J connectivity index is 2.62. The highest BCUT2D eigenvalue weighted by Crippen LogP contribution is 2.01. The van der Waals surface area contributed by atoms with Gasteiger partial charge in [0.25, 0.3) is 0 Å². The summed E-state index contributed by atoms with van der Waals surface area (Å²) in [4.78, 5) is 12.7. The Morgan fingerprint density at radius 2 is 2.62 bits per heavy atom. The van der Waals surface area contributed by atoms with Crippen LogP contribution >= 0.6 is 8.58 Å². The summed E-state index contributed by atoms with van der Waals surface area (Å²) in [5.41, 5.74) is 0. The smallest absolute Gasteiger partial charge is 0.143 e. The summed E-state index contributed by atoms with van der Waals surface area (Å²) in [6.45, 7) is 0. The van der Waals surface area contributed by atoms with E-state index in [1.54, 1.807) is 0 Å². The van der Waals surface area contributed by atoms with Crippen molar-refractivity contribution in [3.05, 3.63) is 18.5 Å². The lowest BCUT2D eigenvalue weighted by atomic mass is 10.7. The summed E-state index contributed by atoms with van der Waals surface area (Å²) in [6.07, 6.45) is 3.64. The largest absolute Gasteiger partial charge is 0.367 e. The van der Waals surface area contributed by atoms with Crippen molar-refractivity contribution in [2.75, 3.05) is 0 Å². The molecular weight excluding hydrogens is 121 g/mol. The minimum atomic E-state index is 0.300. The van der Waals surface area contributed by atoms with E-state index in [1.807, 2.05) is 18.5 Å². The average molecular weight is 127 g/mol. The Labute approximate surface area is 49.1 Å². The third-order valence-electron chi connectivity index (χ3n) is 0.824. The molecule has 0 radical (unpaired) electrons. The van der Waals surface area contributed by atoms with Gasteiger partial charge in [-0.1, -0.05) is 0 Å². The van der Waals surface area contributed by atoms with Crippen molar-refractivity contribution in [1.82, 2.24) is 4.98 Å². The molecule has 1 unspecified atom stereocenters. The first-order valence-electron chi connectivity index (χ1n) is 2.26. The normalized spacial score (nSPS) is 10.5. The van der Waals surface area contributed by atoms with Crippen molar-refractivity contribution in [2.45, 2.75) is 0 Å². The molecule has 1 rings (SSSR count). The Kier molecular flexibility index (Phi) is 1.81. The minimum Gasteiger partial charge on any atom is -0.367 e. The Bertz CT molecular complexity index is 159. The molecule has 0 fully saturated rings. The van der Waals surface area contributed by atoms with Crippen LogP contribution in [-0.2, 0) is 4.79 Å². The van der Waals surface area contributed by atoms with Gasteiger partial charge in [0.1, 0.15) is 6.03 Å². The van der Waals surface area contributed by atoms with Gasteiger partial charge in [-0.15, -0.1) is 0 Å². The number of carbonyl (C=O) groups is 1. The lowest BCUT2D eigenvalue weighted by molar-refractivity contribution is 0.569. The van der Waals surface area contributed by atoms with Gasteiger partial charge in [-0.2, -0.15) is 0 Å². The van der Waals surface area contributed by atoms with Crippen molar-refractivity contribution in [3.63, 3.8) is 0 Å². The number of hydrogen-bond donors (Lipinski definition) is 1. The van der Waals surface area contributed by atoms with Gasteiger partial charge in [0.15, 0.2) is 0 Å². The maximum absolute atomic E-state index is 9.87. The van der Waals surface area contributed by atoms with E-state index in [-0.39, 0.29) is 0 Å². The van der Waals surface area contributed by atoms with E-state index in [0.29, 0.717) is 8.58 Å². The van der Waals surface area contributed by atoms with Gasteiger partial charge in [-0.25, -0.2) is 0 Å². The molecule has 3 heteroatoms. The van der Waals surface area contributed by atoms with E-state index >= 15 is 0 Å². The Morgan fingerprint density at radius 3 is 3.12 bits per heavy atom. The van der Waals surface area contributed by atoms with Crippen LogP contribution in [0.25, 0.3) is 0 Å². The highest BCUT2D eigenvalue weighted by molar-refractivity contribution is 7.62. The topological polar surface area (TPSA) is 32.9 Å². The summed E-state index contributed by atoms with van der Waals surface area (Å²) >= 11 is 0. The van der Waals surface area contributed by atoms with Crippen molar-refractivity contribution >= 4 is 19.9 Å². The summed E-state index contributed by atoms with van der Waals surface area (Å²) in [7, 11) is 0.300. The predicted molar refractivity (Wildman–Crippen MR) is 35.5 cm³/mol. The SMILES string of the molecule is O=CPc1cc[nH]c1. The van der Waals surface area contributed by atoms with Crippen LogP contribution in [0.15, 0.2) is 18.5 Å². The minimum absolute atomic E-state index is 0.300. The van der Waals surface area contributed by atoms with E-state index in [9.17, 15) is 4.79 Å². The van der Waals surface area contributed by atoms with Gasteiger partial charge in [0.05, 0.1) is 0 Å². The summed E-state index contributed by atoms with van der Waals surface area (Å²) in [5, 5.41) is 1.07. The van der Waals surface area contributed by atoms with E-state index in [1.165, 1.54) is 0 Å². The zero-order valence-corrected chi connectivity index (χ0v) is 5.22. The number of hydrogen-bond acceptors (Lipinski definition) is 1. The van der Waals surface area contributed by atoms with Gasteiger partial charge in [-0.3, -0.25) is 4.79 Å². The molecule has 0 saturated carbocycles. The Morgan fingerprint density at radius 1 is 1.75 bits per heavy atom. The van der Waals surface area contributed by atoms with Crippen LogP contribution in [0, 0.1) is 0 Å². The van der Waals surface area contributed by atoms with Crippen LogP contribution in [-0.4, -0.2) is 11.0 Å². The highest BCUT2D eigenvalue weighted by Gasteiger charge is 1.85. The second kappa shape index (κ2) is 2.63. The number of nitrogens with one attached hydrogen (secondary N) is 1. The third-order valence-corrected chi connectivity index (χ3v) is 1.59. The predicted octanol–water partition coefficient (Wildman–Crippen LogP) is 0.509. The molecule has 0 aliphatic heterocycles. The van der Waals surface area contributed by atoms with Crippen LogP contribution in [0.2, 0.25) is 0 Å². The molecule has 0 aliphatic rings. The average Bonchev–Trinajstić information content (AvgIpc) is 2.19. The fraction of sp³-hybridized carbons (Fsp3) is 0. The molecule has 2 nitrogen and oxygen atoms in total. The van der Waals surface area contributed by atoms with Crippen molar-refractivity contribution < 1.29 is 4.79 Å².